The lowest BCUT2D eigenvalue weighted by molar-refractivity contribution is -0.122. The minimum atomic E-state index is -0.0706. The topological polar surface area (TPSA) is 51.1 Å². The summed E-state index contributed by atoms with van der Waals surface area (Å²) in [5.74, 6) is 1.35. The molecule has 1 aliphatic rings. The number of amides is 1. The highest BCUT2D eigenvalue weighted by atomic mass is 127. The zero-order valence-corrected chi connectivity index (χ0v) is 23.3. The molecule has 0 aromatic heterocycles. The van der Waals surface area contributed by atoms with E-state index in [0.717, 1.165) is 25.8 Å². The number of likely N-dealkylation sites (N-methyl/N-ethyl adjacent to an activating group) is 1. The van der Waals surface area contributed by atoms with Gasteiger partial charge in [-0.2, -0.15) is 0 Å². The van der Waals surface area contributed by atoms with Gasteiger partial charge in [0.15, 0.2) is 16.7 Å². The van der Waals surface area contributed by atoms with Crippen LogP contribution < -0.4 is 9.47 Å². The Balaban J connectivity index is 1.95. The molecular weight excluding hydrogens is 627 g/mol. The molecule has 0 saturated carbocycles. The molecule has 1 amide bonds. The van der Waals surface area contributed by atoms with E-state index >= 15 is 0 Å². The number of nitrogens with zero attached hydrogens (tertiary/aromatic N) is 2. The van der Waals surface area contributed by atoms with E-state index in [2.05, 4.69) is 50.4 Å². The third kappa shape index (κ3) is 6.01. The quantitative estimate of drug-likeness (QED) is 0.219. The number of halogens is 3. The molecule has 1 heterocycles. The van der Waals surface area contributed by atoms with Gasteiger partial charge in [-0.1, -0.05) is 18.5 Å². The van der Waals surface area contributed by atoms with E-state index in [1.807, 2.05) is 44.2 Å². The van der Waals surface area contributed by atoms with E-state index in [-0.39, 0.29) is 5.91 Å². The number of benzene rings is 2. The lowest BCUT2D eigenvalue weighted by Gasteiger charge is -2.14. The number of carbonyl (C=O) groups is 1. The molecule has 1 aliphatic heterocycles. The first kappa shape index (κ1) is 25.4. The molecule has 32 heavy (non-hydrogen) atoms. The number of aliphatic imine (C=N–C) groups is 1. The van der Waals surface area contributed by atoms with Crippen molar-refractivity contribution in [3.8, 4) is 11.5 Å². The Bertz CT molecular complexity index is 1080. The Hall–Kier alpha value is -1.23. The highest BCUT2D eigenvalue weighted by Gasteiger charge is 2.32. The third-order valence-corrected chi connectivity index (χ3v) is 7.45. The molecule has 0 atom stereocenters. The predicted molar refractivity (Wildman–Crippen MR) is 145 cm³/mol. The second kappa shape index (κ2) is 11.8. The molecule has 170 valence electrons. The lowest BCUT2D eigenvalue weighted by Crippen LogP contribution is -2.28. The highest BCUT2D eigenvalue weighted by molar-refractivity contribution is 14.1. The average Bonchev–Trinajstić information content (AvgIpc) is 3.04. The van der Waals surface area contributed by atoms with Crippen molar-refractivity contribution in [2.45, 2.75) is 27.2 Å². The summed E-state index contributed by atoms with van der Waals surface area (Å²) in [6, 6.07) is 9.38. The lowest BCUT2D eigenvalue weighted by atomic mass is 10.2. The molecule has 2 aromatic carbocycles. The zero-order chi connectivity index (χ0) is 23.3. The first-order chi connectivity index (χ1) is 15.4. The van der Waals surface area contributed by atoms with Crippen molar-refractivity contribution in [2.24, 2.45) is 4.99 Å². The summed E-state index contributed by atoms with van der Waals surface area (Å²) in [4.78, 5) is 20.0. The fourth-order valence-electron chi connectivity index (χ4n) is 2.97. The van der Waals surface area contributed by atoms with E-state index in [1.54, 1.807) is 11.0 Å². The van der Waals surface area contributed by atoms with Gasteiger partial charge in [0.25, 0.3) is 5.91 Å². The van der Waals surface area contributed by atoms with Gasteiger partial charge in [0, 0.05) is 11.0 Å². The molecular formula is C23H23BrClIN2O3S. The summed E-state index contributed by atoms with van der Waals surface area (Å²) in [6.45, 7) is 7.61. The standard InChI is InChI=1S/C23H23BrClIN2O3S/c1-4-9-31-21-18(26)10-14(11-19(21)30-6-3)12-20-22(29)28(5-2)23(32-20)27-15-7-8-16(24)17(25)13-15/h7-8,10-13H,4-6,9H2,1-3H3/b20-12+,27-23?. The molecule has 2 aromatic rings. The van der Waals surface area contributed by atoms with E-state index < -0.39 is 0 Å². The maximum absolute atomic E-state index is 13.0. The number of ether oxygens (including phenoxy) is 2. The molecule has 0 N–H and O–H groups in total. The number of rotatable bonds is 8. The summed E-state index contributed by atoms with van der Waals surface area (Å²) in [5.41, 5.74) is 1.57. The second-order valence-corrected chi connectivity index (χ2v) is 10.2. The molecule has 5 nitrogen and oxygen atoms in total. The largest absolute Gasteiger partial charge is 0.490 e. The van der Waals surface area contributed by atoms with Gasteiger partial charge >= 0.3 is 0 Å². The smallest absolute Gasteiger partial charge is 0.266 e. The van der Waals surface area contributed by atoms with Crippen LogP contribution >= 0.6 is 61.9 Å². The van der Waals surface area contributed by atoms with Crippen molar-refractivity contribution >= 4 is 84.7 Å². The number of carbonyl (C=O) groups excluding carboxylic acids is 1. The van der Waals surface area contributed by atoms with Crippen LogP contribution in [0.15, 0.2) is 44.7 Å². The van der Waals surface area contributed by atoms with Crippen LogP contribution in [0.1, 0.15) is 32.8 Å². The molecule has 0 spiro atoms. The van der Waals surface area contributed by atoms with Gasteiger partial charge in [0.1, 0.15) is 0 Å². The molecule has 0 radical (unpaired) electrons. The van der Waals surface area contributed by atoms with Crippen molar-refractivity contribution in [1.82, 2.24) is 4.90 Å². The second-order valence-electron chi connectivity index (χ2n) is 6.76. The predicted octanol–water partition coefficient (Wildman–Crippen LogP) is 7.52. The average molecular weight is 650 g/mol. The van der Waals surface area contributed by atoms with Crippen molar-refractivity contribution < 1.29 is 14.3 Å². The minimum absolute atomic E-state index is 0.0706. The van der Waals surface area contributed by atoms with E-state index in [1.165, 1.54) is 11.8 Å². The molecule has 9 heteroatoms. The molecule has 1 fully saturated rings. The van der Waals surface area contributed by atoms with Crippen molar-refractivity contribution in [3.63, 3.8) is 0 Å². The molecule has 0 bridgehead atoms. The molecule has 1 saturated heterocycles. The van der Waals surface area contributed by atoms with Crippen LogP contribution in [0.5, 0.6) is 11.5 Å². The van der Waals surface area contributed by atoms with Gasteiger partial charge in [-0.25, -0.2) is 4.99 Å². The summed E-state index contributed by atoms with van der Waals surface area (Å²) < 4.78 is 13.4. The first-order valence-corrected chi connectivity index (χ1v) is 13.3. The van der Waals surface area contributed by atoms with Gasteiger partial charge in [-0.3, -0.25) is 9.69 Å². The van der Waals surface area contributed by atoms with Crippen LogP contribution in [0, 0.1) is 3.57 Å². The van der Waals surface area contributed by atoms with Crippen LogP contribution in [0.25, 0.3) is 6.08 Å². The number of hydrogen-bond donors (Lipinski definition) is 0. The van der Waals surface area contributed by atoms with E-state index in [9.17, 15) is 4.79 Å². The number of amidine groups is 1. The summed E-state index contributed by atoms with van der Waals surface area (Å²) in [6.07, 6.45) is 2.79. The van der Waals surface area contributed by atoms with E-state index in [4.69, 9.17) is 21.1 Å². The Morgan fingerprint density at radius 1 is 1.22 bits per heavy atom. The van der Waals surface area contributed by atoms with Crippen LogP contribution in [0.2, 0.25) is 5.02 Å². The van der Waals surface area contributed by atoms with Crippen LogP contribution in [0.3, 0.4) is 0 Å². The van der Waals surface area contributed by atoms with Gasteiger partial charge in [-0.15, -0.1) is 0 Å². The Kier molecular flexibility index (Phi) is 9.33. The number of hydrogen-bond acceptors (Lipinski definition) is 5. The monoisotopic (exact) mass is 648 g/mol. The normalized spacial score (nSPS) is 16.3. The fourth-order valence-corrected chi connectivity index (χ4v) is 5.23. The van der Waals surface area contributed by atoms with Crippen molar-refractivity contribution in [3.05, 3.63) is 53.9 Å². The van der Waals surface area contributed by atoms with Crippen molar-refractivity contribution in [2.75, 3.05) is 19.8 Å². The SMILES string of the molecule is CCCOc1c(I)cc(/C=C2/SC(=Nc3ccc(Br)c(Cl)c3)N(CC)C2=O)cc1OCC. The van der Waals surface area contributed by atoms with Gasteiger partial charge < -0.3 is 9.47 Å². The molecule has 0 unspecified atom stereocenters. The van der Waals surface area contributed by atoms with Crippen molar-refractivity contribution in [1.29, 1.82) is 0 Å². The van der Waals surface area contributed by atoms with Gasteiger partial charge in [0.05, 0.1) is 32.4 Å². The fraction of sp³-hybridized carbons (Fsp3) is 0.304. The van der Waals surface area contributed by atoms with Crippen LogP contribution in [0.4, 0.5) is 5.69 Å². The minimum Gasteiger partial charge on any atom is -0.490 e. The summed E-state index contributed by atoms with van der Waals surface area (Å²) in [5, 5.41) is 1.20. The Morgan fingerprint density at radius 3 is 2.66 bits per heavy atom. The van der Waals surface area contributed by atoms with Crippen LogP contribution in [-0.2, 0) is 4.79 Å². The van der Waals surface area contributed by atoms with Gasteiger partial charge in [-0.05, 0) is 113 Å². The van der Waals surface area contributed by atoms with Crippen LogP contribution in [-0.4, -0.2) is 35.7 Å². The molecule has 3 rings (SSSR count). The van der Waals surface area contributed by atoms with E-state index in [0.29, 0.717) is 46.3 Å². The maximum Gasteiger partial charge on any atom is 0.266 e. The highest BCUT2D eigenvalue weighted by Crippen LogP contribution is 2.38. The zero-order valence-electron chi connectivity index (χ0n) is 18.0. The Labute approximate surface area is 219 Å². The Morgan fingerprint density at radius 2 is 2.00 bits per heavy atom. The molecule has 0 aliphatic carbocycles. The summed E-state index contributed by atoms with van der Waals surface area (Å²) in [7, 11) is 0. The number of thioether (sulfide) groups is 1. The maximum atomic E-state index is 13.0. The summed E-state index contributed by atoms with van der Waals surface area (Å²) >= 11 is 13.2. The first-order valence-electron chi connectivity index (χ1n) is 10.2. The third-order valence-electron chi connectivity index (χ3n) is 4.41. The van der Waals surface area contributed by atoms with Gasteiger partial charge in [0.2, 0.25) is 0 Å².